The van der Waals surface area contributed by atoms with E-state index in [-0.39, 0.29) is 5.75 Å². The lowest BCUT2D eigenvalue weighted by Gasteiger charge is -2.23. The van der Waals surface area contributed by atoms with Gasteiger partial charge in [-0.15, -0.1) is 0 Å². The number of aromatic hydroxyl groups is 1. The third kappa shape index (κ3) is 4.75. The van der Waals surface area contributed by atoms with Gasteiger partial charge < -0.3 is 5.11 Å². The minimum atomic E-state index is 0.210. The third-order valence-electron chi connectivity index (χ3n) is 3.76. The van der Waals surface area contributed by atoms with Crippen molar-refractivity contribution in [3.8, 4) is 5.75 Å². The lowest BCUT2D eigenvalue weighted by molar-refractivity contribution is 0.249. The predicted molar refractivity (Wildman–Crippen MR) is 93.3 cm³/mol. The topological polar surface area (TPSA) is 23.5 Å². The molecular weight excluding hydrogens is 294 g/mol. The summed E-state index contributed by atoms with van der Waals surface area (Å²) in [7, 11) is 0. The molecule has 0 amide bonds. The van der Waals surface area contributed by atoms with Gasteiger partial charge in [0, 0.05) is 18.7 Å². The summed E-state index contributed by atoms with van der Waals surface area (Å²) in [6, 6.07) is 14.3. The van der Waals surface area contributed by atoms with E-state index in [9.17, 15) is 5.11 Å². The molecule has 0 saturated heterocycles. The molecule has 0 aromatic heterocycles. The SMILES string of the molecule is CCCCN(Cc1ccccc1)Cc1cc(C)cc(Cl)c1O. The monoisotopic (exact) mass is 317 g/mol. The summed E-state index contributed by atoms with van der Waals surface area (Å²) < 4.78 is 0. The van der Waals surface area contributed by atoms with Crippen LogP contribution >= 0.6 is 11.6 Å². The third-order valence-corrected chi connectivity index (χ3v) is 4.05. The molecule has 0 heterocycles. The van der Waals surface area contributed by atoms with Gasteiger partial charge in [-0.25, -0.2) is 0 Å². The summed E-state index contributed by atoms with van der Waals surface area (Å²) in [5.41, 5.74) is 3.27. The summed E-state index contributed by atoms with van der Waals surface area (Å²) in [6.45, 7) is 6.80. The van der Waals surface area contributed by atoms with Crippen molar-refractivity contribution in [1.82, 2.24) is 4.90 Å². The number of phenolic OH excluding ortho intramolecular Hbond substituents is 1. The van der Waals surface area contributed by atoms with E-state index < -0.39 is 0 Å². The normalized spacial score (nSPS) is 11.1. The Morgan fingerprint density at radius 2 is 1.82 bits per heavy atom. The molecule has 0 atom stereocenters. The van der Waals surface area contributed by atoms with Crippen LogP contribution in [0.25, 0.3) is 0 Å². The maximum absolute atomic E-state index is 10.2. The van der Waals surface area contributed by atoms with Crippen LogP contribution < -0.4 is 0 Å². The van der Waals surface area contributed by atoms with Crippen molar-refractivity contribution in [3.63, 3.8) is 0 Å². The molecule has 22 heavy (non-hydrogen) atoms. The number of rotatable bonds is 7. The summed E-state index contributed by atoms with van der Waals surface area (Å²) in [5.74, 6) is 0.210. The van der Waals surface area contributed by atoms with Crippen LogP contribution in [0.3, 0.4) is 0 Å². The first-order valence-corrected chi connectivity index (χ1v) is 8.22. The highest BCUT2D eigenvalue weighted by Gasteiger charge is 2.12. The number of halogens is 1. The molecule has 0 aliphatic heterocycles. The molecule has 0 aliphatic carbocycles. The molecule has 0 bridgehead atoms. The number of nitrogens with zero attached hydrogens (tertiary/aromatic N) is 1. The number of unbranched alkanes of at least 4 members (excludes halogenated alkanes) is 1. The van der Waals surface area contributed by atoms with E-state index in [1.165, 1.54) is 5.56 Å². The van der Waals surface area contributed by atoms with Crippen molar-refractivity contribution < 1.29 is 5.11 Å². The number of hydrogen-bond acceptors (Lipinski definition) is 2. The smallest absolute Gasteiger partial charge is 0.138 e. The predicted octanol–water partition coefficient (Wildman–Crippen LogP) is 5.16. The molecule has 2 aromatic carbocycles. The second-order valence-electron chi connectivity index (χ2n) is 5.80. The van der Waals surface area contributed by atoms with Crippen molar-refractivity contribution >= 4 is 11.6 Å². The lowest BCUT2D eigenvalue weighted by Crippen LogP contribution is -2.24. The molecule has 2 rings (SSSR count). The summed E-state index contributed by atoms with van der Waals surface area (Å²) >= 11 is 6.10. The Labute approximate surface area is 138 Å². The molecule has 0 radical (unpaired) electrons. The largest absolute Gasteiger partial charge is 0.506 e. The first kappa shape index (κ1) is 16.9. The second kappa shape index (κ2) is 8.21. The Morgan fingerprint density at radius 1 is 1.09 bits per heavy atom. The quantitative estimate of drug-likeness (QED) is 0.762. The molecule has 0 aliphatic rings. The molecule has 0 saturated carbocycles. The Hall–Kier alpha value is -1.51. The average Bonchev–Trinajstić information content (AvgIpc) is 2.50. The van der Waals surface area contributed by atoms with Gasteiger partial charge in [0.1, 0.15) is 5.75 Å². The Bertz CT molecular complexity index is 598. The first-order chi connectivity index (χ1) is 10.6. The molecule has 0 fully saturated rings. The van der Waals surface area contributed by atoms with E-state index >= 15 is 0 Å². The van der Waals surface area contributed by atoms with E-state index in [1.807, 2.05) is 19.1 Å². The molecule has 118 valence electrons. The molecule has 2 nitrogen and oxygen atoms in total. The number of hydrogen-bond donors (Lipinski definition) is 1. The van der Waals surface area contributed by atoms with E-state index in [0.29, 0.717) is 11.6 Å². The molecule has 2 aromatic rings. The fourth-order valence-electron chi connectivity index (χ4n) is 2.61. The number of aryl methyl sites for hydroxylation is 1. The zero-order valence-electron chi connectivity index (χ0n) is 13.3. The fraction of sp³-hybridized carbons (Fsp3) is 0.368. The van der Waals surface area contributed by atoms with Gasteiger partial charge in [-0.1, -0.05) is 61.3 Å². The van der Waals surface area contributed by atoms with Crippen LogP contribution in [0.4, 0.5) is 0 Å². The molecule has 0 unspecified atom stereocenters. The second-order valence-corrected chi connectivity index (χ2v) is 6.21. The summed E-state index contributed by atoms with van der Waals surface area (Å²) in [4.78, 5) is 2.36. The van der Waals surface area contributed by atoms with Crippen LogP contribution in [0.2, 0.25) is 5.02 Å². The molecule has 3 heteroatoms. The van der Waals surface area contributed by atoms with Crippen molar-refractivity contribution in [3.05, 3.63) is 64.2 Å². The van der Waals surface area contributed by atoms with Gasteiger partial charge in [0.15, 0.2) is 0 Å². The fourth-order valence-corrected chi connectivity index (χ4v) is 2.90. The van der Waals surface area contributed by atoms with Crippen LogP contribution in [-0.4, -0.2) is 16.6 Å². The van der Waals surface area contributed by atoms with Crippen molar-refractivity contribution in [1.29, 1.82) is 0 Å². The van der Waals surface area contributed by atoms with Gasteiger partial charge in [-0.3, -0.25) is 4.90 Å². The van der Waals surface area contributed by atoms with E-state index in [4.69, 9.17) is 11.6 Å². The van der Waals surface area contributed by atoms with Gasteiger partial charge in [-0.2, -0.15) is 0 Å². The molecular formula is C19H24ClNO. The van der Waals surface area contributed by atoms with E-state index in [1.54, 1.807) is 6.07 Å². The Balaban J connectivity index is 2.16. The van der Waals surface area contributed by atoms with Gasteiger partial charge in [0.25, 0.3) is 0 Å². The maximum Gasteiger partial charge on any atom is 0.138 e. The van der Waals surface area contributed by atoms with Crippen molar-refractivity contribution in [2.24, 2.45) is 0 Å². The highest BCUT2D eigenvalue weighted by atomic mass is 35.5. The van der Waals surface area contributed by atoms with Gasteiger partial charge in [0.2, 0.25) is 0 Å². The van der Waals surface area contributed by atoms with E-state index in [2.05, 4.69) is 36.1 Å². The highest BCUT2D eigenvalue weighted by molar-refractivity contribution is 6.32. The lowest BCUT2D eigenvalue weighted by atomic mass is 10.1. The van der Waals surface area contributed by atoms with Crippen molar-refractivity contribution in [2.45, 2.75) is 39.8 Å². The van der Waals surface area contributed by atoms with Gasteiger partial charge in [-0.05, 0) is 37.1 Å². The Morgan fingerprint density at radius 3 is 2.50 bits per heavy atom. The van der Waals surface area contributed by atoms with Crippen LogP contribution in [0.15, 0.2) is 42.5 Å². The molecule has 0 spiro atoms. The minimum absolute atomic E-state index is 0.210. The van der Waals surface area contributed by atoms with Crippen molar-refractivity contribution in [2.75, 3.05) is 6.54 Å². The number of benzene rings is 2. The standard InChI is InChI=1S/C19H24ClNO/c1-3-4-10-21(13-16-8-6-5-7-9-16)14-17-11-15(2)12-18(20)19(17)22/h5-9,11-12,22H,3-4,10,13-14H2,1-2H3. The zero-order chi connectivity index (χ0) is 15.9. The Kier molecular flexibility index (Phi) is 6.29. The minimum Gasteiger partial charge on any atom is -0.506 e. The van der Waals surface area contributed by atoms with Gasteiger partial charge >= 0.3 is 0 Å². The first-order valence-electron chi connectivity index (χ1n) is 7.84. The molecule has 1 N–H and O–H groups in total. The van der Waals surface area contributed by atoms with Crippen LogP contribution in [-0.2, 0) is 13.1 Å². The zero-order valence-corrected chi connectivity index (χ0v) is 14.1. The van der Waals surface area contributed by atoms with Crippen LogP contribution in [0, 0.1) is 6.92 Å². The number of phenols is 1. The maximum atomic E-state index is 10.2. The van der Waals surface area contributed by atoms with Gasteiger partial charge in [0.05, 0.1) is 5.02 Å². The summed E-state index contributed by atoms with van der Waals surface area (Å²) in [5, 5.41) is 10.6. The van der Waals surface area contributed by atoms with E-state index in [0.717, 1.165) is 37.1 Å². The highest BCUT2D eigenvalue weighted by Crippen LogP contribution is 2.30. The van der Waals surface area contributed by atoms with Crippen LogP contribution in [0.5, 0.6) is 5.75 Å². The summed E-state index contributed by atoms with van der Waals surface area (Å²) in [6.07, 6.45) is 2.30. The van der Waals surface area contributed by atoms with Crippen LogP contribution in [0.1, 0.15) is 36.5 Å². The average molecular weight is 318 g/mol.